The highest BCUT2D eigenvalue weighted by atomic mass is 35.5. The van der Waals surface area contributed by atoms with Gasteiger partial charge in [0.1, 0.15) is 0 Å². The average Bonchev–Trinajstić information content (AvgIpc) is 2.17. The van der Waals surface area contributed by atoms with Crippen molar-refractivity contribution in [3.8, 4) is 0 Å². The quantitative estimate of drug-likeness (QED) is 0.581. The van der Waals surface area contributed by atoms with Gasteiger partial charge >= 0.3 is 0 Å². The molecule has 0 saturated carbocycles. The predicted molar refractivity (Wildman–Crippen MR) is 59.4 cm³/mol. The van der Waals surface area contributed by atoms with Gasteiger partial charge in [-0.2, -0.15) is 0 Å². The lowest BCUT2D eigenvalue weighted by Crippen LogP contribution is -2.12. The molecule has 0 spiro atoms. The highest BCUT2D eigenvalue weighted by Crippen LogP contribution is 2.34. The molecule has 0 aliphatic rings. The molecule has 70 valence electrons. The van der Waals surface area contributed by atoms with Crippen molar-refractivity contribution >= 4 is 42.0 Å². The molecule has 0 aliphatic carbocycles. The standard InChI is InChI=1S/C9H9Cl2OP/c1-13(9(12)8(10)11)7-5-3-2-4-6-7/h2-6,8H,1H3. The molecule has 1 aromatic carbocycles. The third kappa shape index (κ3) is 2.95. The maximum Gasteiger partial charge on any atom is 0.191 e. The maximum atomic E-state index is 11.4. The van der Waals surface area contributed by atoms with E-state index in [1.165, 1.54) is 0 Å². The van der Waals surface area contributed by atoms with E-state index in [1.54, 1.807) is 0 Å². The van der Waals surface area contributed by atoms with Crippen molar-refractivity contribution in [3.63, 3.8) is 0 Å². The van der Waals surface area contributed by atoms with Crippen LogP contribution < -0.4 is 5.30 Å². The molecular formula is C9H9Cl2OP. The van der Waals surface area contributed by atoms with Crippen LogP contribution in [0.25, 0.3) is 0 Å². The van der Waals surface area contributed by atoms with Crippen molar-refractivity contribution < 1.29 is 4.79 Å². The molecule has 4 heteroatoms. The molecule has 0 aromatic heterocycles. The van der Waals surface area contributed by atoms with Gasteiger partial charge in [-0.05, 0) is 19.9 Å². The summed E-state index contributed by atoms with van der Waals surface area (Å²) in [6, 6.07) is 9.55. The lowest BCUT2D eigenvalue weighted by atomic mass is 10.4. The van der Waals surface area contributed by atoms with Crippen molar-refractivity contribution in [3.05, 3.63) is 30.3 Å². The molecule has 0 heterocycles. The summed E-state index contributed by atoms with van der Waals surface area (Å²) >= 11 is 11.0. The van der Waals surface area contributed by atoms with Crippen molar-refractivity contribution in [1.82, 2.24) is 0 Å². The van der Waals surface area contributed by atoms with E-state index < -0.39 is 12.8 Å². The van der Waals surface area contributed by atoms with E-state index in [0.717, 1.165) is 5.30 Å². The predicted octanol–water partition coefficient (Wildman–Crippen LogP) is 2.75. The second-order valence-corrected chi connectivity index (χ2v) is 5.70. The zero-order chi connectivity index (χ0) is 9.84. The van der Waals surface area contributed by atoms with Crippen LogP contribution >= 0.6 is 31.1 Å². The third-order valence-electron chi connectivity index (χ3n) is 1.66. The fraction of sp³-hybridized carbons (Fsp3) is 0.222. The minimum absolute atomic E-state index is 0.0930. The first-order valence-corrected chi connectivity index (χ1v) is 6.40. The van der Waals surface area contributed by atoms with Crippen molar-refractivity contribution in [2.45, 2.75) is 4.84 Å². The monoisotopic (exact) mass is 234 g/mol. The lowest BCUT2D eigenvalue weighted by Gasteiger charge is -2.10. The van der Waals surface area contributed by atoms with Gasteiger partial charge in [0.05, 0.1) is 0 Å². The first kappa shape index (κ1) is 11.0. The summed E-state index contributed by atoms with van der Waals surface area (Å²) in [5, 5.41) is 1.01. The molecule has 1 unspecified atom stereocenters. The number of carbonyl (C=O) groups is 1. The van der Waals surface area contributed by atoms with E-state index in [1.807, 2.05) is 37.0 Å². The number of alkyl halides is 2. The van der Waals surface area contributed by atoms with Crippen LogP contribution in [0.1, 0.15) is 0 Å². The van der Waals surface area contributed by atoms with Crippen molar-refractivity contribution in [1.29, 1.82) is 0 Å². The summed E-state index contributed by atoms with van der Waals surface area (Å²) in [7, 11) is -0.879. The summed E-state index contributed by atoms with van der Waals surface area (Å²) in [6.07, 6.45) is 0. The number of halogens is 2. The number of hydrogen-bond acceptors (Lipinski definition) is 1. The molecule has 1 atom stereocenters. The Labute approximate surface area is 88.8 Å². The Morgan fingerprint density at radius 3 is 2.31 bits per heavy atom. The van der Waals surface area contributed by atoms with Gasteiger partial charge in [-0.1, -0.05) is 53.5 Å². The number of benzene rings is 1. The van der Waals surface area contributed by atoms with Gasteiger partial charge in [0.15, 0.2) is 10.4 Å². The maximum absolute atomic E-state index is 11.4. The Bertz CT molecular complexity index is 287. The Hall–Kier alpha value is -0.100. The number of carbonyl (C=O) groups excluding carboxylic acids is 1. The molecule has 0 N–H and O–H groups in total. The van der Waals surface area contributed by atoms with Crippen molar-refractivity contribution in [2.75, 3.05) is 6.66 Å². The summed E-state index contributed by atoms with van der Waals surface area (Å²) < 4.78 is 0. The molecule has 0 saturated heterocycles. The van der Waals surface area contributed by atoms with Gasteiger partial charge < -0.3 is 0 Å². The fourth-order valence-corrected chi connectivity index (χ4v) is 2.97. The summed E-state index contributed by atoms with van der Waals surface area (Å²) in [4.78, 5) is 10.5. The first-order valence-electron chi connectivity index (χ1n) is 3.73. The van der Waals surface area contributed by atoms with E-state index in [4.69, 9.17) is 23.2 Å². The summed E-state index contributed by atoms with van der Waals surface area (Å²) in [6.45, 7) is 1.87. The number of rotatable bonds is 3. The Morgan fingerprint density at radius 2 is 1.85 bits per heavy atom. The third-order valence-corrected chi connectivity index (χ3v) is 4.35. The molecule has 1 rings (SSSR count). The molecular weight excluding hydrogens is 226 g/mol. The van der Waals surface area contributed by atoms with Crippen molar-refractivity contribution in [2.24, 2.45) is 0 Å². The van der Waals surface area contributed by atoms with Gasteiger partial charge in [-0.15, -0.1) is 0 Å². The molecule has 0 aliphatic heterocycles. The van der Waals surface area contributed by atoms with Crippen LogP contribution in [0.4, 0.5) is 0 Å². The van der Waals surface area contributed by atoms with Crippen LogP contribution in [0, 0.1) is 0 Å². The van der Waals surface area contributed by atoms with Crippen LogP contribution in [0.2, 0.25) is 0 Å². The van der Waals surface area contributed by atoms with E-state index in [0.29, 0.717) is 0 Å². The van der Waals surface area contributed by atoms with Crippen LogP contribution in [0.3, 0.4) is 0 Å². The molecule has 0 amide bonds. The van der Waals surface area contributed by atoms with Gasteiger partial charge in [0.2, 0.25) is 0 Å². The molecule has 1 aromatic rings. The minimum atomic E-state index is -0.906. The van der Waals surface area contributed by atoms with Gasteiger partial charge in [0, 0.05) is 0 Å². The smallest absolute Gasteiger partial charge is 0.191 e. The average molecular weight is 235 g/mol. The zero-order valence-electron chi connectivity index (χ0n) is 7.08. The summed E-state index contributed by atoms with van der Waals surface area (Å²) in [5.74, 6) is 0. The van der Waals surface area contributed by atoms with E-state index in [9.17, 15) is 4.79 Å². The fourth-order valence-electron chi connectivity index (χ4n) is 0.925. The van der Waals surface area contributed by atoms with E-state index >= 15 is 0 Å². The molecule has 0 bridgehead atoms. The number of hydrogen-bond donors (Lipinski definition) is 0. The molecule has 0 fully saturated rings. The SMILES string of the molecule is CP(C(=O)C(Cl)Cl)c1ccccc1. The molecule has 13 heavy (non-hydrogen) atoms. The molecule has 0 radical (unpaired) electrons. The Balaban J connectivity index is 2.80. The Morgan fingerprint density at radius 1 is 1.31 bits per heavy atom. The van der Waals surface area contributed by atoms with Gasteiger partial charge in [-0.25, -0.2) is 0 Å². The van der Waals surface area contributed by atoms with E-state index in [2.05, 4.69) is 0 Å². The van der Waals surface area contributed by atoms with Crippen LogP contribution in [0.5, 0.6) is 0 Å². The second-order valence-electron chi connectivity index (χ2n) is 2.53. The molecule has 1 nitrogen and oxygen atoms in total. The normalized spacial score (nSPS) is 12.9. The van der Waals surface area contributed by atoms with Crippen LogP contribution in [-0.2, 0) is 4.79 Å². The Kier molecular flexibility index (Phi) is 4.18. The largest absolute Gasteiger partial charge is 0.291 e. The second kappa shape index (κ2) is 4.95. The van der Waals surface area contributed by atoms with E-state index in [-0.39, 0.29) is 5.52 Å². The van der Waals surface area contributed by atoms with Crippen LogP contribution in [0.15, 0.2) is 30.3 Å². The lowest BCUT2D eigenvalue weighted by molar-refractivity contribution is -0.110. The van der Waals surface area contributed by atoms with Crippen LogP contribution in [-0.4, -0.2) is 17.0 Å². The summed E-state index contributed by atoms with van der Waals surface area (Å²) in [5.41, 5.74) is -0.0930. The minimum Gasteiger partial charge on any atom is -0.291 e. The topological polar surface area (TPSA) is 17.1 Å². The first-order chi connectivity index (χ1) is 6.13. The highest BCUT2D eigenvalue weighted by Gasteiger charge is 2.20. The van der Waals surface area contributed by atoms with Gasteiger partial charge in [0.25, 0.3) is 0 Å². The van der Waals surface area contributed by atoms with Gasteiger partial charge in [-0.3, -0.25) is 4.79 Å². The zero-order valence-corrected chi connectivity index (χ0v) is 9.48. The highest BCUT2D eigenvalue weighted by molar-refractivity contribution is 7.81.